The van der Waals surface area contributed by atoms with Gasteiger partial charge in [-0.05, 0) is 37.8 Å². The van der Waals surface area contributed by atoms with E-state index in [1.54, 1.807) is 0 Å². The van der Waals surface area contributed by atoms with Crippen LogP contribution in [-0.4, -0.2) is 32.8 Å². The van der Waals surface area contributed by atoms with Crippen LogP contribution in [0.25, 0.3) is 0 Å². The summed E-state index contributed by atoms with van der Waals surface area (Å²) in [5, 5.41) is 13.2. The van der Waals surface area contributed by atoms with Crippen LogP contribution in [0.15, 0.2) is 36.5 Å². The van der Waals surface area contributed by atoms with Gasteiger partial charge in [-0.1, -0.05) is 30.3 Å². The van der Waals surface area contributed by atoms with Crippen LogP contribution in [0.3, 0.4) is 0 Å². The summed E-state index contributed by atoms with van der Waals surface area (Å²) < 4.78 is 2.00. The summed E-state index contributed by atoms with van der Waals surface area (Å²) in [6.07, 6.45) is 4.00. The second-order valence-corrected chi connectivity index (χ2v) is 9.40. The molecule has 0 spiro atoms. The van der Waals surface area contributed by atoms with Gasteiger partial charge >= 0.3 is 0 Å². The minimum absolute atomic E-state index is 0.0896. The molecule has 2 aromatic heterocycles. The number of nitrogens with zero attached hydrogens (tertiary/aromatic N) is 4. The maximum absolute atomic E-state index is 12.8. The van der Waals surface area contributed by atoms with Crippen LogP contribution >= 0.6 is 11.3 Å². The van der Waals surface area contributed by atoms with E-state index in [0.717, 1.165) is 27.5 Å². The third-order valence-electron chi connectivity index (χ3n) is 5.92. The van der Waals surface area contributed by atoms with Gasteiger partial charge in [0.2, 0.25) is 11.8 Å². The summed E-state index contributed by atoms with van der Waals surface area (Å²) in [6, 6.07) is 12.1. The lowest BCUT2D eigenvalue weighted by Crippen LogP contribution is -2.35. The molecule has 0 radical (unpaired) electrons. The molecule has 3 heterocycles. The maximum atomic E-state index is 12.8. The number of nitriles is 1. The number of hydrogen-bond acceptors (Lipinski definition) is 5. The number of imidazole rings is 1. The highest BCUT2D eigenvalue weighted by Crippen LogP contribution is 2.37. The second-order valence-electron chi connectivity index (χ2n) is 8.29. The number of nitrogens with one attached hydrogen (secondary N) is 1. The van der Waals surface area contributed by atoms with E-state index < -0.39 is 0 Å². The van der Waals surface area contributed by atoms with Crippen LogP contribution in [0.1, 0.15) is 45.9 Å². The van der Waals surface area contributed by atoms with Crippen LogP contribution in [-0.2, 0) is 35.5 Å². The summed E-state index contributed by atoms with van der Waals surface area (Å²) in [5.74, 6) is 0.894. The number of aryl methyl sites for hydroxylation is 4. The van der Waals surface area contributed by atoms with E-state index in [4.69, 9.17) is 0 Å². The Bertz CT molecular complexity index is 1210. The average Bonchev–Trinajstić information content (AvgIpc) is 3.33. The maximum Gasteiger partial charge on any atom is 0.225 e. The summed E-state index contributed by atoms with van der Waals surface area (Å²) in [7, 11) is 0. The van der Waals surface area contributed by atoms with Gasteiger partial charge in [-0.15, -0.1) is 11.3 Å². The van der Waals surface area contributed by atoms with Gasteiger partial charge in [0, 0.05) is 37.0 Å². The molecule has 0 saturated heterocycles. The zero-order valence-corrected chi connectivity index (χ0v) is 19.7. The molecule has 33 heavy (non-hydrogen) atoms. The molecule has 4 rings (SSSR count). The third-order valence-corrected chi connectivity index (χ3v) is 7.05. The number of thiophene rings is 1. The molecule has 2 amide bonds. The molecule has 3 aromatic rings. The van der Waals surface area contributed by atoms with Crippen molar-refractivity contribution in [1.82, 2.24) is 14.5 Å². The highest BCUT2D eigenvalue weighted by Gasteiger charge is 2.27. The predicted octanol–water partition coefficient (Wildman–Crippen LogP) is 3.98. The van der Waals surface area contributed by atoms with Crippen molar-refractivity contribution in [3.05, 3.63) is 69.6 Å². The summed E-state index contributed by atoms with van der Waals surface area (Å²) in [5.41, 5.74) is 3.56. The predicted molar refractivity (Wildman–Crippen MR) is 128 cm³/mol. The van der Waals surface area contributed by atoms with Crippen molar-refractivity contribution in [3.8, 4) is 6.07 Å². The molecular weight excluding hydrogens is 434 g/mol. The van der Waals surface area contributed by atoms with Crippen molar-refractivity contribution in [2.24, 2.45) is 0 Å². The van der Waals surface area contributed by atoms with Gasteiger partial charge in [-0.25, -0.2) is 4.98 Å². The van der Waals surface area contributed by atoms with Crippen molar-refractivity contribution >= 4 is 28.2 Å². The van der Waals surface area contributed by atoms with E-state index in [0.29, 0.717) is 55.9 Å². The second kappa shape index (κ2) is 10.0. The van der Waals surface area contributed by atoms with Crippen LogP contribution in [0.2, 0.25) is 0 Å². The Morgan fingerprint density at radius 3 is 2.70 bits per heavy atom. The Labute approximate surface area is 197 Å². The molecule has 0 bridgehead atoms. The number of hydrogen-bond donors (Lipinski definition) is 1. The lowest BCUT2D eigenvalue weighted by molar-refractivity contribution is -0.132. The number of carbonyl (C=O) groups excluding carboxylic acids is 2. The first kappa shape index (κ1) is 22.7. The van der Waals surface area contributed by atoms with Crippen LogP contribution < -0.4 is 5.32 Å². The van der Waals surface area contributed by atoms with Gasteiger partial charge in [0.25, 0.3) is 0 Å². The normalized spacial score (nSPS) is 12.8. The minimum Gasteiger partial charge on any atom is -0.337 e. The number of rotatable bonds is 7. The van der Waals surface area contributed by atoms with E-state index >= 15 is 0 Å². The Balaban J connectivity index is 1.37. The Hall–Kier alpha value is -3.44. The van der Waals surface area contributed by atoms with E-state index in [2.05, 4.69) is 16.4 Å². The zero-order chi connectivity index (χ0) is 23.4. The van der Waals surface area contributed by atoms with Gasteiger partial charge in [0.1, 0.15) is 16.9 Å². The number of benzene rings is 1. The van der Waals surface area contributed by atoms with Crippen molar-refractivity contribution in [2.75, 3.05) is 11.9 Å². The van der Waals surface area contributed by atoms with Crippen LogP contribution in [0.4, 0.5) is 5.00 Å². The quantitative estimate of drug-likeness (QED) is 0.576. The highest BCUT2D eigenvalue weighted by atomic mass is 32.1. The molecular formula is C25H27N5O2S. The minimum atomic E-state index is -0.104. The fourth-order valence-electron chi connectivity index (χ4n) is 4.18. The molecule has 0 aliphatic carbocycles. The van der Waals surface area contributed by atoms with Gasteiger partial charge in [0.05, 0.1) is 17.8 Å². The van der Waals surface area contributed by atoms with E-state index in [1.165, 1.54) is 11.3 Å². The van der Waals surface area contributed by atoms with Crippen molar-refractivity contribution in [1.29, 1.82) is 5.26 Å². The summed E-state index contributed by atoms with van der Waals surface area (Å²) in [4.78, 5) is 32.5. The standard InChI is InChI=1S/C25H27N5O2S/c1-17-15-29(18(2)27-17)13-11-24(32)30-12-10-20-21(14-26)25(33-22(20)16-30)28-23(31)9-8-19-6-4-3-5-7-19/h3-7,15H,8-13,16H2,1-2H3,(H,28,31). The topological polar surface area (TPSA) is 91.0 Å². The number of anilines is 1. The highest BCUT2D eigenvalue weighted by molar-refractivity contribution is 7.16. The molecule has 1 aromatic carbocycles. The molecule has 170 valence electrons. The van der Waals surface area contributed by atoms with Gasteiger partial charge in [0.15, 0.2) is 0 Å². The van der Waals surface area contributed by atoms with Gasteiger partial charge < -0.3 is 14.8 Å². The number of amides is 2. The smallest absolute Gasteiger partial charge is 0.225 e. The van der Waals surface area contributed by atoms with Crippen molar-refractivity contribution in [2.45, 2.75) is 52.6 Å². The fourth-order valence-corrected chi connectivity index (χ4v) is 5.41. The lowest BCUT2D eigenvalue weighted by atomic mass is 10.0. The molecule has 0 unspecified atom stereocenters. The third kappa shape index (κ3) is 5.32. The molecule has 1 aliphatic heterocycles. The Kier molecular flexibility index (Phi) is 6.90. The van der Waals surface area contributed by atoms with Crippen molar-refractivity contribution < 1.29 is 9.59 Å². The van der Waals surface area contributed by atoms with Crippen molar-refractivity contribution in [3.63, 3.8) is 0 Å². The largest absolute Gasteiger partial charge is 0.337 e. The first-order valence-electron chi connectivity index (χ1n) is 11.1. The molecule has 1 N–H and O–H groups in total. The number of fused-ring (bicyclic) bond motifs is 1. The Morgan fingerprint density at radius 1 is 1.21 bits per heavy atom. The van der Waals surface area contributed by atoms with E-state index in [9.17, 15) is 14.9 Å². The van der Waals surface area contributed by atoms with E-state index in [1.807, 2.05) is 59.8 Å². The number of aromatic nitrogens is 2. The fraction of sp³-hybridized carbons (Fsp3) is 0.360. The Morgan fingerprint density at radius 2 is 2.00 bits per heavy atom. The molecule has 0 fully saturated rings. The average molecular weight is 462 g/mol. The first-order valence-corrected chi connectivity index (χ1v) is 11.9. The monoisotopic (exact) mass is 461 g/mol. The van der Waals surface area contributed by atoms with Gasteiger partial charge in [-0.3, -0.25) is 9.59 Å². The van der Waals surface area contributed by atoms with E-state index in [-0.39, 0.29) is 11.8 Å². The molecule has 1 aliphatic rings. The molecule has 0 saturated carbocycles. The first-order chi connectivity index (χ1) is 15.9. The van der Waals surface area contributed by atoms with Crippen LogP contribution in [0.5, 0.6) is 0 Å². The van der Waals surface area contributed by atoms with Gasteiger partial charge in [-0.2, -0.15) is 5.26 Å². The summed E-state index contributed by atoms with van der Waals surface area (Å²) >= 11 is 1.41. The van der Waals surface area contributed by atoms with Crippen LogP contribution in [0, 0.1) is 25.2 Å². The molecule has 8 heteroatoms. The zero-order valence-electron chi connectivity index (χ0n) is 18.9. The number of carbonyl (C=O) groups is 2. The SMILES string of the molecule is Cc1cn(CCC(=O)N2CCc3c(sc(NC(=O)CCc4ccccc4)c3C#N)C2)c(C)n1. The summed E-state index contributed by atoms with van der Waals surface area (Å²) in [6.45, 7) is 5.55. The molecule has 7 nitrogen and oxygen atoms in total. The molecule has 0 atom stereocenters. The lowest BCUT2D eigenvalue weighted by Gasteiger charge is -2.27.